The van der Waals surface area contributed by atoms with E-state index in [0.717, 1.165) is 18.7 Å². The Morgan fingerprint density at radius 1 is 1.67 bits per heavy atom. The van der Waals surface area contributed by atoms with Gasteiger partial charge in [0, 0.05) is 48.6 Å². The van der Waals surface area contributed by atoms with Crippen LogP contribution in [0.25, 0.3) is 0 Å². The monoisotopic (exact) mass is 229 g/mol. The zero-order chi connectivity index (χ0) is 11.3. The van der Waals surface area contributed by atoms with Gasteiger partial charge < -0.3 is 5.32 Å². The van der Waals surface area contributed by atoms with Gasteiger partial charge in [-0.25, -0.2) is 0 Å². The van der Waals surface area contributed by atoms with Gasteiger partial charge in [-0.3, -0.25) is 8.89 Å². The Morgan fingerprint density at radius 2 is 2.40 bits per heavy atom. The van der Waals surface area contributed by atoms with Crippen molar-refractivity contribution >= 4 is 10.8 Å². The number of aromatic nitrogens is 2. The van der Waals surface area contributed by atoms with Gasteiger partial charge in [0.2, 0.25) is 0 Å². The second-order valence-electron chi connectivity index (χ2n) is 3.79. The molecule has 2 atom stereocenters. The molecule has 0 fully saturated rings. The second-order valence-corrected chi connectivity index (χ2v) is 5.35. The van der Waals surface area contributed by atoms with Gasteiger partial charge in [0.05, 0.1) is 5.69 Å². The zero-order valence-corrected chi connectivity index (χ0v) is 10.4. The Kier molecular flexibility index (Phi) is 4.98. The molecule has 1 N–H and O–H groups in total. The van der Waals surface area contributed by atoms with Crippen LogP contribution in [0.2, 0.25) is 0 Å². The maximum Gasteiger partial charge on any atom is 0.0518 e. The van der Waals surface area contributed by atoms with Crippen LogP contribution >= 0.6 is 0 Å². The minimum Gasteiger partial charge on any atom is -0.309 e. The van der Waals surface area contributed by atoms with E-state index in [0.29, 0.717) is 6.04 Å². The minimum absolute atomic E-state index is 0.392. The molecule has 0 amide bonds. The van der Waals surface area contributed by atoms with Crippen LogP contribution in [0, 0.1) is 0 Å². The summed E-state index contributed by atoms with van der Waals surface area (Å²) >= 11 is 0. The average Bonchev–Trinajstić information content (AvgIpc) is 2.58. The SMILES string of the molecule is CC(CCS(C)=O)NCc1ccnn1C. The summed E-state index contributed by atoms with van der Waals surface area (Å²) in [6, 6.07) is 2.39. The van der Waals surface area contributed by atoms with E-state index < -0.39 is 10.8 Å². The van der Waals surface area contributed by atoms with Crippen LogP contribution < -0.4 is 5.32 Å². The fourth-order valence-corrected chi connectivity index (χ4v) is 1.98. The molecule has 0 spiro atoms. The Balaban J connectivity index is 2.25. The van der Waals surface area contributed by atoms with Crippen LogP contribution in [0.3, 0.4) is 0 Å². The lowest BCUT2D eigenvalue weighted by Gasteiger charge is -2.12. The summed E-state index contributed by atoms with van der Waals surface area (Å²) < 4.78 is 12.8. The molecular weight excluding hydrogens is 210 g/mol. The van der Waals surface area contributed by atoms with Crippen molar-refractivity contribution in [3.63, 3.8) is 0 Å². The lowest BCUT2D eigenvalue weighted by molar-refractivity contribution is 0.517. The highest BCUT2D eigenvalue weighted by Gasteiger charge is 2.04. The van der Waals surface area contributed by atoms with Gasteiger partial charge in [0.15, 0.2) is 0 Å². The van der Waals surface area contributed by atoms with Gasteiger partial charge in [-0.2, -0.15) is 5.10 Å². The molecule has 0 saturated carbocycles. The molecule has 4 nitrogen and oxygen atoms in total. The van der Waals surface area contributed by atoms with E-state index in [-0.39, 0.29) is 0 Å². The quantitative estimate of drug-likeness (QED) is 0.780. The fraction of sp³-hybridized carbons (Fsp3) is 0.700. The van der Waals surface area contributed by atoms with Crippen LogP contribution in [0.1, 0.15) is 19.0 Å². The third-order valence-corrected chi connectivity index (χ3v) is 3.20. The molecule has 1 aromatic heterocycles. The Hall–Kier alpha value is -0.680. The van der Waals surface area contributed by atoms with E-state index >= 15 is 0 Å². The smallest absolute Gasteiger partial charge is 0.0518 e. The summed E-state index contributed by atoms with van der Waals surface area (Å²) in [7, 11) is 1.24. The number of hydrogen-bond donors (Lipinski definition) is 1. The Labute approximate surface area is 93.5 Å². The maximum absolute atomic E-state index is 10.9. The third-order valence-electron chi connectivity index (χ3n) is 2.39. The Bertz CT molecular complexity index is 324. The summed E-state index contributed by atoms with van der Waals surface area (Å²) in [6.07, 6.45) is 4.48. The molecule has 1 aromatic rings. The number of nitrogens with one attached hydrogen (secondary N) is 1. The molecule has 0 aliphatic rings. The van der Waals surface area contributed by atoms with E-state index in [2.05, 4.69) is 17.3 Å². The minimum atomic E-state index is -0.688. The highest BCUT2D eigenvalue weighted by Crippen LogP contribution is 1.98. The predicted molar refractivity (Wildman–Crippen MR) is 63.1 cm³/mol. The molecule has 15 heavy (non-hydrogen) atoms. The largest absolute Gasteiger partial charge is 0.309 e. The molecule has 0 aliphatic heterocycles. The summed E-state index contributed by atoms with van der Waals surface area (Å²) in [5.74, 6) is 0.763. The van der Waals surface area contributed by atoms with E-state index in [1.165, 1.54) is 5.69 Å². The van der Waals surface area contributed by atoms with Crippen molar-refractivity contribution in [1.82, 2.24) is 15.1 Å². The van der Waals surface area contributed by atoms with Gasteiger partial charge >= 0.3 is 0 Å². The molecule has 1 heterocycles. The highest BCUT2D eigenvalue weighted by atomic mass is 32.2. The van der Waals surface area contributed by atoms with Crippen LogP contribution in [-0.4, -0.2) is 32.0 Å². The predicted octanol–water partition coefficient (Wildman–Crippen LogP) is 0.667. The molecule has 2 unspecified atom stereocenters. The fourth-order valence-electron chi connectivity index (χ4n) is 1.30. The molecule has 0 saturated heterocycles. The van der Waals surface area contributed by atoms with Crippen molar-refractivity contribution < 1.29 is 4.21 Å². The molecule has 0 radical (unpaired) electrons. The standard InChI is InChI=1S/C10H19N3OS/c1-9(5-7-15(3)14)11-8-10-4-6-12-13(10)2/h4,6,9,11H,5,7-8H2,1-3H3. The molecule has 0 bridgehead atoms. The van der Waals surface area contributed by atoms with E-state index in [1.54, 1.807) is 12.5 Å². The van der Waals surface area contributed by atoms with Gasteiger partial charge in [-0.05, 0) is 19.4 Å². The van der Waals surface area contributed by atoms with Crippen molar-refractivity contribution in [2.75, 3.05) is 12.0 Å². The van der Waals surface area contributed by atoms with E-state index in [1.807, 2.05) is 17.8 Å². The van der Waals surface area contributed by atoms with Crippen molar-refractivity contribution in [3.8, 4) is 0 Å². The lowest BCUT2D eigenvalue weighted by Crippen LogP contribution is -2.27. The van der Waals surface area contributed by atoms with E-state index in [4.69, 9.17) is 0 Å². The molecule has 0 aromatic carbocycles. The van der Waals surface area contributed by atoms with Crippen LogP contribution in [0.15, 0.2) is 12.3 Å². The van der Waals surface area contributed by atoms with Crippen LogP contribution in [0.5, 0.6) is 0 Å². The molecule has 0 aliphatic carbocycles. The first-order chi connectivity index (χ1) is 7.09. The first kappa shape index (κ1) is 12.4. The number of hydrogen-bond acceptors (Lipinski definition) is 3. The molecular formula is C10H19N3OS. The van der Waals surface area contributed by atoms with E-state index in [9.17, 15) is 4.21 Å². The number of nitrogens with zero attached hydrogens (tertiary/aromatic N) is 2. The first-order valence-corrected chi connectivity index (χ1v) is 6.82. The van der Waals surface area contributed by atoms with Gasteiger partial charge in [0.1, 0.15) is 0 Å². The Morgan fingerprint density at radius 3 is 2.93 bits per heavy atom. The normalized spacial score (nSPS) is 15.1. The number of rotatable bonds is 6. The summed E-state index contributed by atoms with van der Waals surface area (Å²) in [5.41, 5.74) is 1.17. The molecule has 86 valence electrons. The van der Waals surface area contributed by atoms with Crippen molar-refractivity contribution in [2.45, 2.75) is 25.9 Å². The van der Waals surface area contributed by atoms with Gasteiger partial charge in [0.25, 0.3) is 0 Å². The van der Waals surface area contributed by atoms with Gasteiger partial charge in [-0.15, -0.1) is 0 Å². The second kappa shape index (κ2) is 6.02. The summed E-state index contributed by atoms with van der Waals surface area (Å²) in [5, 5.41) is 7.48. The molecule has 5 heteroatoms. The topological polar surface area (TPSA) is 46.9 Å². The van der Waals surface area contributed by atoms with Crippen molar-refractivity contribution in [2.24, 2.45) is 7.05 Å². The molecule has 1 rings (SSSR count). The summed E-state index contributed by atoms with van der Waals surface area (Å²) in [6.45, 7) is 2.93. The van der Waals surface area contributed by atoms with Gasteiger partial charge in [-0.1, -0.05) is 0 Å². The van der Waals surface area contributed by atoms with Crippen molar-refractivity contribution in [3.05, 3.63) is 18.0 Å². The van der Waals surface area contributed by atoms with Crippen LogP contribution in [-0.2, 0) is 24.4 Å². The maximum atomic E-state index is 10.9. The van der Waals surface area contributed by atoms with Crippen LogP contribution in [0.4, 0.5) is 0 Å². The highest BCUT2D eigenvalue weighted by molar-refractivity contribution is 7.84. The third kappa shape index (κ3) is 4.57. The lowest BCUT2D eigenvalue weighted by atomic mass is 10.2. The average molecular weight is 229 g/mol. The first-order valence-electron chi connectivity index (χ1n) is 5.10. The van der Waals surface area contributed by atoms with Crippen molar-refractivity contribution in [1.29, 1.82) is 0 Å². The zero-order valence-electron chi connectivity index (χ0n) is 9.56. The summed E-state index contributed by atoms with van der Waals surface area (Å²) in [4.78, 5) is 0. The number of aryl methyl sites for hydroxylation is 1.